The largest absolute Gasteiger partial charge is 0.480 e. The number of benzene rings is 1. The summed E-state index contributed by atoms with van der Waals surface area (Å²) in [4.78, 5) is 27.4. The number of carbonyl (C=O) groups is 2. The molecule has 1 unspecified atom stereocenters. The number of H-pyrrole nitrogens is 1. The number of carboxylic acid groups (broad SMARTS) is 1. The molecule has 1 atom stereocenters. The van der Waals surface area contributed by atoms with E-state index in [4.69, 9.17) is 5.11 Å². The number of carbonyl (C=O) groups excluding carboxylic acids is 1. The standard InChI is InChI=1S/C16H20N2O3/c1-10-5-4-6-13-12(9-17-15(10)13)7-8-14(19)18(3)11(2)16(20)21/h4-6,9,11,17H,7-8H2,1-3H3,(H,20,21). The predicted molar refractivity (Wildman–Crippen MR) is 81.2 cm³/mol. The summed E-state index contributed by atoms with van der Waals surface area (Å²) >= 11 is 0. The normalized spacial score (nSPS) is 12.3. The van der Waals surface area contributed by atoms with Crippen LogP contribution < -0.4 is 0 Å². The number of hydrogen-bond acceptors (Lipinski definition) is 2. The molecule has 2 N–H and O–H groups in total. The van der Waals surface area contributed by atoms with Gasteiger partial charge in [0, 0.05) is 30.6 Å². The number of aliphatic carboxylic acids is 1. The van der Waals surface area contributed by atoms with Crippen LogP contribution in [0.3, 0.4) is 0 Å². The van der Waals surface area contributed by atoms with Crippen molar-refractivity contribution in [2.75, 3.05) is 7.05 Å². The molecule has 0 aliphatic heterocycles. The van der Waals surface area contributed by atoms with Crippen molar-refractivity contribution in [3.8, 4) is 0 Å². The lowest BCUT2D eigenvalue weighted by atomic mass is 10.1. The number of fused-ring (bicyclic) bond motifs is 1. The van der Waals surface area contributed by atoms with Gasteiger partial charge in [-0.2, -0.15) is 0 Å². The molecule has 0 aliphatic rings. The molecule has 5 heteroatoms. The number of nitrogens with zero attached hydrogens (tertiary/aromatic N) is 1. The van der Waals surface area contributed by atoms with Crippen molar-refractivity contribution in [3.05, 3.63) is 35.5 Å². The van der Waals surface area contributed by atoms with Gasteiger partial charge >= 0.3 is 5.97 Å². The van der Waals surface area contributed by atoms with Crippen LogP contribution in [0.15, 0.2) is 24.4 Å². The Kier molecular flexibility index (Phi) is 4.31. The summed E-state index contributed by atoms with van der Waals surface area (Å²) < 4.78 is 0. The van der Waals surface area contributed by atoms with E-state index in [-0.39, 0.29) is 5.91 Å². The van der Waals surface area contributed by atoms with Crippen molar-refractivity contribution in [1.29, 1.82) is 0 Å². The van der Waals surface area contributed by atoms with E-state index in [0.717, 1.165) is 16.5 Å². The zero-order chi connectivity index (χ0) is 15.6. The number of nitrogens with one attached hydrogen (secondary N) is 1. The van der Waals surface area contributed by atoms with Crippen molar-refractivity contribution >= 4 is 22.8 Å². The monoisotopic (exact) mass is 288 g/mol. The van der Waals surface area contributed by atoms with E-state index in [1.165, 1.54) is 24.4 Å². The SMILES string of the molecule is Cc1cccc2c(CCC(=O)N(C)C(C)C(=O)O)c[nH]c12. The van der Waals surface area contributed by atoms with Crippen LogP contribution in [-0.2, 0) is 16.0 Å². The zero-order valence-electron chi connectivity index (χ0n) is 12.5. The van der Waals surface area contributed by atoms with Gasteiger partial charge in [0.1, 0.15) is 6.04 Å². The average molecular weight is 288 g/mol. The predicted octanol–water partition coefficient (Wildman–Crippen LogP) is 2.34. The molecule has 0 saturated carbocycles. The van der Waals surface area contributed by atoms with E-state index in [0.29, 0.717) is 12.8 Å². The van der Waals surface area contributed by atoms with Crippen LogP contribution in [0.1, 0.15) is 24.5 Å². The van der Waals surface area contributed by atoms with Crippen molar-refractivity contribution < 1.29 is 14.7 Å². The Balaban J connectivity index is 2.07. The van der Waals surface area contributed by atoms with Gasteiger partial charge in [-0.25, -0.2) is 4.79 Å². The first kappa shape index (κ1) is 15.1. The molecule has 0 radical (unpaired) electrons. The summed E-state index contributed by atoms with van der Waals surface area (Å²) in [6, 6.07) is 5.26. The molecule has 0 fully saturated rings. The van der Waals surface area contributed by atoms with Gasteiger partial charge in [-0.15, -0.1) is 0 Å². The summed E-state index contributed by atoms with van der Waals surface area (Å²) in [5, 5.41) is 10.0. The summed E-state index contributed by atoms with van der Waals surface area (Å²) in [5.74, 6) is -1.15. The van der Waals surface area contributed by atoms with Gasteiger partial charge in [0.2, 0.25) is 5.91 Å². The zero-order valence-corrected chi connectivity index (χ0v) is 12.5. The number of carboxylic acids is 1. The van der Waals surface area contributed by atoms with Crippen LogP contribution in [0.2, 0.25) is 0 Å². The fourth-order valence-electron chi connectivity index (χ4n) is 2.37. The molecular formula is C16H20N2O3. The number of likely N-dealkylation sites (N-methyl/N-ethyl adjacent to an activating group) is 1. The molecule has 1 aromatic carbocycles. The van der Waals surface area contributed by atoms with Crippen molar-refractivity contribution in [2.24, 2.45) is 0 Å². The van der Waals surface area contributed by atoms with Gasteiger partial charge in [-0.05, 0) is 31.4 Å². The lowest BCUT2D eigenvalue weighted by molar-refractivity contribution is -0.148. The summed E-state index contributed by atoms with van der Waals surface area (Å²) in [7, 11) is 1.53. The van der Waals surface area contributed by atoms with Crippen molar-refractivity contribution in [3.63, 3.8) is 0 Å². The molecular weight excluding hydrogens is 268 g/mol. The topological polar surface area (TPSA) is 73.4 Å². The highest BCUT2D eigenvalue weighted by Gasteiger charge is 2.21. The minimum atomic E-state index is -0.992. The number of aryl methyl sites for hydroxylation is 2. The summed E-state index contributed by atoms with van der Waals surface area (Å²) in [5.41, 5.74) is 3.34. The Hall–Kier alpha value is -2.30. The van der Waals surface area contributed by atoms with Gasteiger partial charge in [-0.3, -0.25) is 4.79 Å². The van der Waals surface area contributed by atoms with E-state index in [2.05, 4.69) is 4.98 Å². The number of hydrogen-bond donors (Lipinski definition) is 2. The summed E-state index contributed by atoms with van der Waals surface area (Å²) in [6.07, 6.45) is 2.82. The molecule has 112 valence electrons. The Bertz CT molecular complexity index is 675. The van der Waals surface area contributed by atoms with Gasteiger partial charge in [-0.1, -0.05) is 18.2 Å². The van der Waals surface area contributed by atoms with Crippen LogP contribution in [0, 0.1) is 6.92 Å². The van der Waals surface area contributed by atoms with Crippen molar-refractivity contribution in [1.82, 2.24) is 9.88 Å². The highest BCUT2D eigenvalue weighted by molar-refractivity contribution is 5.87. The van der Waals surface area contributed by atoms with Crippen LogP contribution >= 0.6 is 0 Å². The van der Waals surface area contributed by atoms with Crippen LogP contribution in [-0.4, -0.2) is 40.0 Å². The lowest BCUT2D eigenvalue weighted by Gasteiger charge is -2.21. The molecule has 0 bridgehead atoms. The molecule has 1 heterocycles. The van der Waals surface area contributed by atoms with Crippen LogP contribution in [0.25, 0.3) is 10.9 Å². The Morgan fingerprint density at radius 2 is 2.10 bits per heavy atom. The van der Waals surface area contributed by atoms with Crippen molar-refractivity contribution in [2.45, 2.75) is 32.7 Å². The van der Waals surface area contributed by atoms with Gasteiger partial charge in [0.25, 0.3) is 0 Å². The van der Waals surface area contributed by atoms with Gasteiger partial charge in [0.15, 0.2) is 0 Å². The van der Waals surface area contributed by atoms with Crippen LogP contribution in [0.5, 0.6) is 0 Å². The van der Waals surface area contributed by atoms with Gasteiger partial charge in [0.05, 0.1) is 0 Å². The Morgan fingerprint density at radius 3 is 2.76 bits per heavy atom. The van der Waals surface area contributed by atoms with E-state index in [9.17, 15) is 9.59 Å². The third-order valence-electron chi connectivity index (χ3n) is 3.95. The molecule has 5 nitrogen and oxygen atoms in total. The maximum absolute atomic E-state index is 12.0. The molecule has 0 saturated heterocycles. The first-order valence-electron chi connectivity index (χ1n) is 6.96. The second-order valence-corrected chi connectivity index (χ2v) is 5.33. The highest BCUT2D eigenvalue weighted by atomic mass is 16.4. The third-order valence-corrected chi connectivity index (χ3v) is 3.95. The summed E-state index contributed by atoms with van der Waals surface area (Å²) in [6.45, 7) is 3.55. The number of para-hydroxylation sites is 1. The molecule has 1 amide bonds. The molecule has 2 rings (SSSR count). The quantitative estimate of drug-likeness (QED) is 0.887. The fourth-order valence-corrected chi connectivity index (χ4v) is 2.37. The number of amides is 1. The number of rotatable bonds is 5. The second-order valence-electron chi connectivity index (χ2n) is 5.33. The molecule has 0 aliphatic carbocycles. The molecule has 0 spiro atoms. The lowest BCUT2D eigenvalue weighted by Crippen LogP contribution is -2.40. The average Bonchev–Trinajstić information content (AvgIpc) is 2.87. The first-order chi connectivity index (χ1) is 9.91. The van der Waals surface area contributed by atoms with E-state index in [1.54, 1.807) is 0 Å². The van der Waals surface area contributed by atoms with Gasteiger partial charge < -0.3 is 15.0 Å². The molecule has 1 aromatic heterocycles. The number of aromatic amines is 1. The first-order valence-corrected chi connectivity index (χ1v) is 6.96. The fraction of sp³-hybridized carbons (Fsp3) is 0.375. The van der Waals surface area contributed by atoms with E-state index in [1.807, 2.05) is 31.3 Å². The maximum Gasteiger partial charge on any atom is 0.326 e. The van der Waals surface area contributed by atoms with E-state index >= 15 is 0 Å². The maximum atomic E-state index is 12.0. The minimum absolute atomic E-state index is 0.160. The number of aromatic nitrogens is 1. The third kappa shape index (κ3) is 3.07. The second kappa shape index (κ2) is 5.99. The minimum Gasteiger partial charge on any atom is -0.480 e. The Labute approximate surface area is 123 Å². The molecule has 2 aromatic rings. The van der Waals surface area contributed by atoms with Crippen LogP contribution in [0.4, 0.5) is 0 Å². The molecule has 21 heavy (non-hydrogen) atoms. The Morgan fingerprint density at radius 1 is 1.38 bits per heavy atom. The van der Waals surface area contributed by atoms with E-state index < -0.39 is 12.0 Å². The smallest absolute Gasteiger partial charge is 0.326 e. The highest BCUT2D eigenvalue weighted by Crippen LogP contribution is 2.22.